The molecule has 0 spiro atoms. The van der Waals surface area contributed by atoms with Crippen LogP contribution in [0.1, 0.15) is 5.56 Å². The fraction of sp³-hybridized carbons (Fsp3) is 0.111. The lowest BCUT2D eigenvalue weighted by Gasteiger charge is -2.06. The van der Waals surface area contributed by atoms with Crippen LogP contribution in [0.4, 0.5) is 5.69 Å². The van der Waals surface area contributed by atoms with Crippen LogP contribution in [-0.4, -0.2) is 17.0 Å². The van der Waals surface area contributed by atoms with E-state index in [1.165, 1.54) is 0 Å². The molecule has 1 rings (SSSR count). The number of nitrogens with one attached hydrogen (secondary N) is 1. The zero-order valence-electron chi connectivity index (χ0n) is 7.37. The maximum Gasteiger partial charge on any atom is 0.394 e. The van der Waals surface area contributed by atoms with Gasteiger partial charge >= 0.3 is 11.9 Å². The summed E-state index contributed by atoms with van der Waals surface area (Å²) in [6, 6.07) is 5.20. The predicted molar refractivity (Wildman–Crippen MR) is 55.1 cm³/mol. The Balaban J connectivity index is 2.93. The minimum Gasteiger partial charge on any atom is -0.474 e. The number of aliphatic carboxylic acids is 1. The summed E-state index contributed by atoms with van der Waals surface area (Å²) in [6.45, 7) is 1.85. The number of hydrogen-bond donors (Lipinski definition) is 2. The average Bonchev–Trinajstić information content (AvgIpc) is 2.12. The van der Waals surface area contributed by atoms with Crippen LogP contribution in [0.2, 0.25) is 0 Å². The standard InChI is InChI=1S/C9H8BrNO3/c1-5-3-2-4-6(7(5)10)11-8(12)9(13)14/h2-4H,1H3,(H,11,12)(H,13,14). The van der Waals surface area contributed by atoms with Crippen LogP contribution in [0.3, 0.4) is 0 Å². The third-order valence-electron chi connectivity index (χ3n) is 1.63. The molecule has 0 aliphatic carbocycles. The summed E-state index contributed by atoms with van der Waals surface area (Å²) in [5, 5.41) is 10.6. The molecule has 0 saturated heterocycles. The smallest absolute Gasteiger partial charge is 0.394 e. The van der Waals surface area contributed by atoms with Gasteiger partial charge < -0.3 is 10.4 Å². The van der Waals surface area contributed by atoms with Gasteiger partial charge in [0, 0.05) is 4.47 Å². The largest absolute Gasteiger partial charge is 0.474 e. The second-order valence-electron chi connectivity index (χ2n) is 2.70. The van der Waals surface area contributed by atoms with Gasteiger partial charge in [0.1, 0.15) is 0 Å². The molecule has 1 aromatic carbocycles. The highest BCUT2D eigenvalue weighted by atomic mass is 79.9. The van der Waals surface area contributed by atoms with Crippen LogP contribution < -0.4 is 5.32 Å². The molecule has 74 valence electrons. The molecule has 0 fully saturated rings. The van der Waals surface area contributed by atoms with Gasteiger partial charge in [0.15, 0.2) is 0 Å². The van der Waals surface area contributed by atoms with E-state index in [1.807, 2.05) is 13.0 Å². The third kappa shape index (κ3) is 2.32. The summed E-state index contributed by atoms with van der Waals surface area (Å²) in [7, 11) is 0. The SMILES string of the molecule is Cc1cccc(NC(=O)C(=O)O)c1Br. The van der Waals surface area contributed by atoms with E-state index in [0.29, 0.717) is 10.2 Å². The number of hydrogen-bond acceptors (Lipinski definition) is 2. The number of carboxylic acid groups (broad SMARTS) is 1. The van der Waals surface area contributed by atoms with Crippen molar-refractivity contribution in [3.05, 3.63) is 28.2 Å². The molecule has 5 heteroatoms. The van der Waals surface area contributed by atoms with Crippen LogP contribution in [0.5, 0.6) is 0 Å². The Kier molecular flexibility index (Phi) is 3.24. The highest BCUT2D eigenvalue weighted by Gasteiger charge is 2.12. The van der Waals surface area contributed by atoms with E-state index >= 15 is 0 Å². The van der Waals surface area contributed by atoms with E-state index in [0.717, 1.165) is 5.56 Å². The Morgan fingerprint density at radius 2 is 2.07 bits per heavy atom. The summed E-state index contributed by atoms with van der Waals surface area (Å²) >= 11 is 3.25. The monoisotopic (exact) mass is 257 g/mol. The number of amides is 1. The summed E-state index contributed by atoms with van der Waals surface area (Å²) in [5.74, 6) is -2.55. The van der Waals surface area contributed by atoms with Gasteiger partial charge in [-0.15, -0.1) is 0 Å². The number of halogens is 1. The van der Waals surface area contributed by atoms with E-state index in [9.17, 15) is 9.59 Å². The first-order chi connectivity index (χ1) is 6.52. The Morgan fingerprint density at radius 1 is 1.43 bits per heavy atom. The van der Waals surface area contributed by atoms with Crippen molar-refractivity contribution in [2.45, 2.75) is 6.92 Å². The summed E-state index contributed by atoms with van der Waals surface area (Å²) < 4.78 is 0.689. The van der Waals surface area contributed by atoms with Gasteiger partial charge in [0.2, 0.25) is 0 Å². The Bertz CT molecular complexity index is 390. The Labute approximate surface area is 89.1 Å². The number of aryl methyl sites for hydroxylation is 1. The maximum atomic E-state index is 10.8. The molecular weight excluding hydrogens is 250 g/mol. The first-order valence-electron chi connectivity index (χ1n) is 3.81. The average molecular weight is 258 g/mol. The molecule has 1 aromatic rings. The quantitative estimate of drug-likeness (QED) is 0.754. The maximum absolute atomic E-state index is 10.8. The van der Waals surface area contributed by atoms with Crippen molar-refractivity contribution < 1.29 is 14.7 Å². The van der Waals surface area contributed by atoms with E-state index in [4.69, 9.17) is 5.11 Å². The molecule has 0 aliphatic rings. The molecule has 0 atom stereocenters. The van der Waals surface area contributed by atoms with E-state index in [2.05, 4.69) is 21.2 Å². The molecule has 0 heterocycles. The van der Waals surface area contributed by atoms with Crippen molar-refractivity contribution in [3.8, 4) is 0 Å². The Morgan fingerprint density at radius 3 is 2.64 bits per heavy atom. The number of carbonyl (C=O) groups excluding carboxylic acids is 1. The molecule has 0 saturated carbocycles. The molecular formula is C9H8BrNO3. The van der Waals surface area contributed by atoms with Gasteiger partial charge in [-0.3, -0.25) is 4.79 Å². The fourth-order valence-electron chi connectivity index (χ4n) is 0.920. The van der Waals surface area contributed by atoms with Crippen LogP contribution in [0.25, 0.3) is 0 Å². The molecule has 0 aliphatic heterocycles. The van der Waals surface area contributed by atoms with Crippen molar-refractivity contribution in [1.82, 2.24) is 0 Å². The molecule has 2 N–H and O–H groups in total. The Hall–Kier alpha value is -1.36. The minimum atomic E-state index is -1.50. The van der Waals surface area contributed by atoms with Crippen LogP contribution in [0.15, 0.2) is 22.7 Å². The zero-order chi connectivity index (χ0) is 10.7. The lowest BCUT2D eigenvalue weighted by atomic mass is 10.2. The number of carbonyl (C=O) groups is 2. The van der Waals surface area contributed by atoms with Crippen LogP contribution >= 0.6 is 15.9 Å². The zero-order valence-corrected chi connectivity index (χ0v) is 8.96. The number of carboxylic acids is 1. The topological polar surface area (TPSA) is 66.4 Å². The van der Waals surface area contributed by atoms with Gasteiger partial charge in [0.25, 0.3) is 0 Å². The van der Waals surface area contributed by atoms with Gasteiger partial charge in [-0.05, 0) is 34.5 Å². The second kappa shape index (κ2) is 4.23. The molecule has 0 bridgehead atoms. The molecule has 1 amide bonds. The highest BCUT2D eigenvalue weighted by molar-refractivity contribution is 9.10. The minimum absolute atomic E-state index is 0.456. The molecule has 0 aromatic heterocycles. The first kappa shape index (κ1) is 10.7. The van der Waals surface area contributed by atoms with Gasteiger partial charge in [-0.25, -0.2) is 4.79 Å². The predicted octanol–water partition coefficient (Wildman–Crippen LogP) is 1.78. The summed E-state index contributed by atoms with van der Waals surface area (Å²) in [4.78, 5) is 21.1. The van der Waals surface area contributed by atoms with Gasteiger partial charge in [-0.1, -0.05) is 12.1 Å². The number of benzene rings is 1. The summed E-state index contributed by atoms with van der Waals surface area (Å²) in [5.41, 5.74) is 1.38. The third-order valence-corrected chi connectivity index (χ3v) is 2.69. The second-order valence-corrected chi connectivity index (χ2v) is 3.49. The lowest BCUT2D eigenvalue weighted by Crippen LogP contribution is -2.22. The number of anilines is 1. The highest BCUT2D eigenvalue weighted by Crippen LogP contribution is 2.25. The van der Waals surface area contributed by atoms with Crippen molar-refractivity contribution in [3.63, 3.8) is 0 Å². The van der Waals surface area contributed by atoms with E-state index < -0.39 is 11.9 Å². The van der Waals surface area contributed by atoms with Crippen molar-refractivity contribution in [1.29, 1.82) is 0 Å². The number of rotatable bonds is 1. The van der Waals surface area contributed by atoms with Crippen molar-refractivity contribution in [2.75, 3.05) is 5.32 Å². The molecule has 4 nitrogen and oxygen atoms in total. The lowest BCUT2D eigenvalue weighted by molar-refractivity contribution is -0.147. The van der Waals surface area contributed by atoms with E-state index in [1.54, 1.807) is 12.1 Å². The van der Waals surface area contributed by atoms with Gasteiger partial charge in [-0.2, -0.15) is 0 Å². The van der Waals surface area contributed by atoms with Gasteiger partial charge in [0.05, 0.1) is 5.69 Å². The molecule has 0 radical (unpaired) electrons. The van der Waals surface area contributed by atoms with Crippen molar-refractivity contribution in [2.24, 2.45) is 0 Å². The fourth-order valence-corrected chi connectivity index (χ4v) is 1.28. The normalized spacial score (nSPS) is 9.57. The summed E-state index contributed by atoms with van der Waals surface area (Å²) in [6.07, 6.45) is 0. The van der Waals surface area contributed by atoms with Crippen LogP contribution in [-0.2, 0) is 9.59 Å². The molecule has 0 unspecified atom stereocenters. The van der Waals surface area contributed by atoms with Crippen LogP contribution in [0, 0.1) is 6.92 Å². The first-order valence-corrected chi connectivity index (χ1v) is 4.61. The van der Waals surface area contributed by atoms with Crippen molar-refractivity contribution >= 4 is 33.5 Å². The van der Waals surface area contributed by atoms with E-state index in [-0.39, 0.29) is 0 Å². The molecule has 14 heavy (non-hydrogen) atoms.